The normalized spacial score (nSPS) is 17.7. The SMILES string of the molecule is Cc1cc2cc(CC3CCNCC3)ccc2o1. The fourth-order valence-corrected chi connectivity index (χ4v) is 2.77. The zero-order chi connectivity index (χ0) is 11.7. The van der Waals surface area contributed by atoms with Gasteiger partial charge in [0.1, 0.15) is 11.3 Å². The van der Waals surface area contributed by atoms with Gasteiger partial charge in [0.05, 0.1) is 0 Å². The van der Waals surface area contributed by atoms with Gasteiger partial charge in [-0.3, -0.25) is 0 Å². The Bertz CT molecular complexity index is 509. The summed E-state index contributed by atoms with van der Waals surface area (Å²) in [5.41, 5.74) is 2.46. The zero-order valence-corrected chi connectivity index (χ0v) is 10.3. The lowest BCUT2D eigenvalue weighted by molar-refractivity contribution is 0.373. The third-order valence-electron chi connectivity index (χ3n) is 3.69. The summed E-state index contributed by atoms with van der Waals surface area (Å²) in [6, 6.07) is 8.74. The number of hydrogen-bond acceptors (Lipinski definition) is 2. The number of nitrogens with one attached hydrogen (secondary N) is 1. The van der Waals surface area contributed by atoms with E-state index < -0.39 is 0 Å². The zero-order valence-electron chi connectivity index (χ0n) is 10.3. The summed E-state index contributed by atoms with van der Waals surface area (Å²) in [5.74, 6) is 1.85. The number of aryl methyl sites for hydroxylation is 1. The molecule has 1 aliphatic heterocycles. The predicted octanol–water partition coefficient (Wildman–Crippen LogP) is 3.28. The summed E-state index contributed by atoms with van der Waals surface area (Å²) in [6.45, 7) is 4.36. The van der Waals surface area contributed by atoms with Crippen LogP contribution in [0.3, 0.4) is 0 Å². The smallest absolute Gasteiger partial charge is 0.134 e. The van der Waals surface area contributed by atoms with Gasteiger partial charge in [-0.1, -0.05) is 6.07 Å². The summed E-state index contributed by atoms with van der Waals surface area (Å²) in [6.07, 6.45) is 3.83. The maximum absolute atomic E-state index is 5.60. The van der Waals surface area contributed by atoms with E-state index >= 15 is 0 Å². The molecule has 0 saturated carbocycles. The van der Waals surface area contributed by atoms with E-state index in [0.29, 0.717) is 0 Å². The maximum Gasteiger partial charge on any atom is 0.134 e. The van der Waals surface area contributed by atoms with Gasteiger partial charge < -0.3 is 9.73 Å². The minimum Gasteiger partial charge on any atom is -0.461 e. The standard InChI is InChI=1S/C15H19NO/c1-11-8-14-10-13(2-3-15(14)17-11)9-12-4-6-16-7-5-12/h2-3,8,10,12,16H,4-7,9H2,1H3. The highest BCUT2D eigenvalue weighted by Crippen LogP contribution is 2.23. The van der Waals surface area contributed by atoms with Crippen LogP contribution in [0.5, 0.6) is 0 Å². The molecule has 0 atom stereocenters. The van der Waals surface area contributed by atoms with Gasteiger partial charge in [-0.05, 0) is 69.0 Å². The molecule has 0 bridgehead atoms. The first kappa shape index (κ1) is 10.8. The quantitative estimate of drug-likeness (QED) is 0.855. The van der Waals surface area contributed by atoms with Gasteiger partial charge in [-0.15, -0.1) is 0 Å². The Morgan fingerprint density at radius 1 is 1.24 bits per heavy atom. The molecular formula is C15H19NO. The van der Waals surface area contributed by atoms with E-state index in [1.54, 1.807) is 0 Å². The molecule has 2 aromatic rings. The summed E-state index contributed by atoms with van der Waals surface area (Å²) >= 11 is 0. The molecule has 1 fully saturated rings. The van der Waals surface area contributed by atoms with Crippen LogP contribution < -0.4 is 5.32 Å². The summed E-state index contributed by atoms with van der Waals surface area (Å²) in [4.78, 5) is 0. The first-order valence-corrected chi connectivity index (χ1v) is 6.51. The minimum atomic E-state index is 0.849. The Morgan fingerprint density at radius 3 is 2.88 bits per heavy atom. The Balaban J connectivity index is 1.79. The van der Waals surface area contributed by atoms with Crippen LogP contribution in [0.25, 0.3) is 11.0 Å². The van der Waals surface area contributed by atoms with Crippen molar-refractivity contribution in [1.29, 1.82) is 0 Å². The van der Waals surface area contributed by atoms with Gasteiger partial charge >= 0.3 is 0 Å². The highest BCUT2D eigenvalue weighted by molar-refractivity contribution is 5.78. The molecule has 3 rings (SSSR count). The molecule has 0 amide bonds. The molecular weight excluding hydrogens is 210 g/mol. The fourth-order valence-electron chi connectivity index (χ4n) is 2.77. The number of hydrogen-bond donors (Lipinski definition) is 1. The summed E-state index contributed by atoms with van der Waals surface area (Å²) in [5, 5.41) is 4.66. The number of furan rings is 1. The van der Waals surface area contributed by atoms with Crippen LogP contribution >= 0.6 is 0 Å². The van der Waals surface area contributed by atoms with Crippen LogP contribution in [0.15, 0.2) is 28.7 Å². The van der Waals surface area contributed by atoms with Crippen molar-refractivity contribution in [3.05, 3.63) is 35.6 Å². The van der Waals surface area contributed by atoms with Crippen molar-refractivity contribution in [2.75, 3.05) is 13.1 Å². The van der Waals surface area contributed by atoms with Crippen LogP contribution in [0, 0.1) is 12.8 Å². The average Bonchev–Trinajstić information content (AvgIpc) is 2.70. The van der Waals surface area contributed by atoms with Crippen LogP contribution in [-0.4, -0.2) is 13.1 Å². The first-order valence-electron chi connectivity index (χ1n) is 6.51. The number of piperidine rings is 1. The van der Waals surface area contributed by atoms with Gasteiger partial charge in [0, 0.05) is 5.39 Å². The van der Waals surface area contributed by atoms with E-state index in [9.17, 15) is 0 Å². The van der Waals surface area contributed by atoms with Crippen LogP contribution in [0.2, 0.25) is 0 Å². The third kappa shape index (κ3) is 2.37. The molecule has 2 heteroatoms. The molecule has 0 unspecified atom stereocenters. The Labute approximate surface area is 102 Å². The third-order valence-corrected chi connectivity index (χ3v) is 3.69. The van der Waals surface area contributed by atoms with Crippen molar-refractivity contribution in [2.45, 2.75) is 26.2 Å². The lowest BCUT2D eigenvalue weighted by Gasteiger charge is -2.22. The van der Waals surface area contributed by atoms with E-state index in [0.717, 1.165) is 17.3 Å². The summed E-state index contributed by atoms with van der Waals surface area (Å²) < 4.78 is 5.60. The molecule has 1 aromatic carbocycles. The molecule has 0 radical (unpaired) electrons. The molecule has 1 N–H and O–H groups in total. The Morgan fingerprint density at radius 2 is 2.06 bits per heavy atom. The van der Waals surface area contributed by atoms with Gasteiger partial charge in [-0.25, -0.2) is 0 Å². The lowest BCUT2D eigenvalue weighted by Crippen LogP contribution is -2.28. The second kappa shape index (κ2) is 4.53. The largest absolute Gasteiger partial charge is 0.461 e. The van der Waals surface area contributed by atoms with E-state index in [1.807, 2.05) is 6.92 Å². The Kier molecular flexibility index (Phi) is 2.89. The predicted molar refractivity (Wildman–Crippen MR) is 70.2 cm³/mol. The highest BCUT2D eigenvalue weighted by Gasteiger charge is 2.13. The van der Waals surface area contributed by atoms with Crippen LogP contribution in [0.4, 0.5) is 0 Å². The van der Waals surface area contributed by atoms with Gasteiger partial charge in [-0.2, -0.15) is 0 Å². The maximum atomic E-state index is 5.60. The molecule has 0 aliphatic carbocycles. The van der Waals surface area contributed by atoms with Crippen LogP contribution in [0.1, 0.15) is 24.2 Å². The molecule has 0 spiro atoms. The van der Waals surface area contributed by atoms with E-state index in [-0.39, 0.29) is 0 Å². The second-order valence-corrected chi connectivity index (χ2v) is 5.13. The molecule has 90 valence electrons. The van der Waals surface area contributed by atoms with Crippen LogP contribution in [-0.2, 0) is 6.42 Å². The van der Waals surface area contributed by atoms with E-state index in [1.165, 1.54) is 43.3 Å². The molecule has 1 aliphatic rings. The van der Waals surface area contributed by atoms with Gasteiger partial charge in [0.15, 0.2) is 0 Å². The van der Waals surface area contributed by atoms with E-state index in [2.05, 4.69) is 29.6 Å². The lowest BCUT2D eigenvalue weighted by atomic mass is 9.91. The average molecular weight is 229 g/mol. The van der Waals surface area contributed by atoms with Crippen molar-refractivity contribution >= 4 is 11.0 Å². The molecule has 17 heavy (non-hydrogen) atoms. The monoisotopic (exact) mass is 229 g/mol. The first-order chi connectivity index (χ1) is 8.31. The molecule has 1 aromatic heterocycles. The second-order valence-electron chi connectivity index (χ2n) is 5.13. The fraction of sp³-hybridized carbons (Fsp3) is 0.467. The topological polar surface area (TPSA) is 25.2 Å². The molecule has 2 heterocycles. The molecule has 1 saturated heterocycles. The van der Waals surface area contributed by atoms with Crippen molar-refractivity contribution in [3.63, 3.8) is 0 Å². The minimum absolute atomic E-state index is 0.849. The molecule has 2 nitrogen and oxygen atoms in total. The van der Waals surface area contributed by atoms with Gasteiger partial charge in [0.25, 0.3) is 0 Å². The summed E-state index contributed by atoms with van der Waals surface area (Å²) in [7, 11) is 0. The van der Waals surface area contributed by atoms with Crippen molar-refractivity contribution in [2.24, 2.45) is 5.92 Å². The van der Waals surface area contributed by atoms with Crippen molar-refractivity contribution in [3.8, 4) is 0 Å². The van der Waals surface area contributed by atoms with Gasteiger partial charge in [0.2, 0.25) is 0 Å². The number of fused-ring (bicyclic) bond motifs is 1. The van der Waals surface area contributed by atoms with Crippen molar-refractivity contribution in [1.82, 2.24) is 5.32 Å². The highest BCUT2D eigenvalue weighted by atomic mass is 16.3. The van der Waals surface area contributed by atoms with E-state index in [4.69, 9.17) is 4.42 Å². The number of rotatable bonds is 2. The van der Waals surface area contributed by atoms with Crippen molar-refractivity contribution < 1.29 is 4.42 Å². The Hall–Kier alpha value is -1.28. The number of benzene rings is 1.